The third kappa shape index (κ3) is 4.54. The summed E-state index contributed by atoms with van der Waals surface area (Å²) in [7, 11) is 0. The zero-order valence-electron chi connectivity index (χ0n) is 18.1. The van der Waals surface area contributed by atoms with Crippen LogP contribution in [0.15, 0.2) is 75.6 Å². The third-order valence-corrected chi connectivity index (χ3v) is 6.32. The highest BCUT2D eigenvalue weighted by Crippen LogP contribution is 2.30. The molecule has 2 aromatic heterocycles. The second-order valence-electron chi connectivity index (χ2n) is 7.59. The first-order valence-electron chi connectivity index (χ1n) is 10.4. The smallest absolute Gasteiger partial charge is 0.337 e. The van der Waals surface area contributed by atoms with Gasteiger partial charge in [-0.15, -0.1) is 11.3 Å². The Hall–Kier alpha value is -3.66. The molecule has 34 heavy (non-hydrogen) atoms. The molecule has 0 atom stereocenters. The van der Waals surface area contributed by atoms with E-state index in [9.17, 15) is 27.6 Å². The Kier molecular flexibility index (Phi) is 6.43. The molecule has 2 aromatic carbocycles. The topological polar surface area (TPSA) is 64.3 Å². The van der Waals surface area contributed by atoms with Gasteiger partial charge in [-0.2, -0.15) is 13.2 Å². The summed E-state index contributed by atoms with van der Waals surface area (Å²) in [5.41, 5.74) is -1.61. The quantitative estimate of drug-likeness (QED) is 0.408. The third-order valence-electron chi connectivity index (χ3n) is 5.43. The number of nitrogens with zero attached hydrogens (tertiary/aromatic N) is 3. The van der Waals surface area contributed by atoms with Crippen LogP contribution in [0.1, 0.15) is 18.1 Å². The summed E-state index contributed by atoms with van der Waals surface area (Å²) in [6.45, 7) is 2.19. The normalized spacial score (nSPS) is 11.6. The highest BCUT2D eigenvalue weighted by Gasteiger charge is 2.31. The number of aromatic nitrogens is 2. The predicted molar refractivity (Wildman–Crippen MR) is 124 cm³/mol. The standard InChI is InChI=1S/C24H20F3N3O3S/c1-2-28(14-16-7-4-3-5-8-16)20(31)15-29-19-11-12-34-21(19)22(32)30(23(29)33)18-10-6-9-17(13-18)24(25,26)27/h3-13H,2,14-15H2,1H3. The second kappa shape index (κ2) is 9.30. The molecule has 10 heteroatoms. The fraction of sp³-hybridized carbons (Fsp3) is 0.208. The number of benzene rings is 2. The summed E-state index contributed by atoms with van der Waals surface area (Å²) >= 11 is 1.06. The molecule has 0 N–H and O–H groups in total. The van der Waals surface area contributed by atoms with E-state index in [0.29, 0.717) is 17.7 Å². The first-order chi connectivity index (χ1) is 16.2. The van der Waals surface area contributed by atoms with Gasteiger partial charge in [0.2, 0.25) is 5.91 Å². The Morgan fingerprint density at radius 1 is 1.03 bits per heavy atom. The number of hydrogen-bond acceptors (Lipinski definition) is 4. The molecule has 0 aliphatic heterocycles. The lowest BCUT2D eigenvalue weighted by atomic mass is 10.2. The van der Waals surface area contributed by atoms with Crippen molar-refractivity contribution in [3.8, 4) is 5.69 Å². The van der Waals surface area contributed by atoms with Crippen LogP contribution < -0.4 is 11.2 Å². The van der Waals surface area contributed by atoms with E-state index in [1.54, 1.807) is 16.3 Å². The molecule has 4 aromatic rings. The number of halogens is 3. The molecule has 6 nitrogen and oxygen atoms in total. The monoisotopic (exact) mass is 487 g/mol. The average Bonchev–Trinajstić information content (AvgIpc) is 3.31. The minimum atomic E-state index is -4.64. The number of hydrogen-bond donors (Lipinski definition) is 0. The van der Waals surface area contributed by atoms with E-state index in [1.807, 2.05) is 37.3 Å². The van der Waals surface area contributed by atoms with Crippen LogP contribution in [-0.2, 0) is 24.1 Å². The van der Waals surface area contributed by atoms with Crippen molar-refractivity contribution in [3.63, 3.8) is 0 Å². The van der Waals surface area contributed by atoms with Gasteiger partial charge >= 0.3 is 11.9 Å². The van der Waals surface area contributed by atoms with Crippen molar-refractivity contribution >= 4 is 27.5 Å². The van der Waals surface area contributed by atoms with E-state index in [1.165, 1.54) is 6.07 Å². The first-order valence-corrected chi connectivity index (χ1v) is 11.3. The van der Waals surface area contributed by atoms with Gasteiger partial charge in [0.15, 0.2) is 0 Å². The fourth-order valence-corrected chi connectivity index (χ4v) is 4.53. The predicted octanol–water partition coefficient (Wildman–Crippen LogP) is 4.28. The van der Waals surface area contributed by atoms with Crippen molar-refractivity contribution in [3.05, 3.63) is 98.0 Å². The number of thiophene rings is 1. The Morgan fingerprint density at radius 2 is 1.76 bits per heavy atom. The van der Waals surface area contributed by atoms with Crippen LogP contribution in [0.25, 0.3) is 15.9 Å². The van der Waals surface area contributed by atoms with E-state index >= 15 is 0 Å². The van der Waals surface area contributed by atoms with Crippen LogP contribution in [0, 0.1) is 0 Å². The number of likely N-dealkylation sites (N-methyl/N-ethyl adjacent to an activating group) is 1. The molecule has 4 rings (SSSR count). The molecule has 0 aliphatic rings. The largest absolute Gasteiger partial charge is 0.416 e. The molecule has 0 spiro atoms. The van der Waals surface area contributed by atoms with E-state index in [0.717, 1.165) is 39.7 Å². The number of carbonyl (C=O) groups is 1. The van der Waals surface area contributed by atoms with Gasteiger partial charge in [0.1, 0.15) is 11.2 Å². The molecule has 0 aliphatic carbocycles. The van der Waals surface area contributed by atoms with Gasteiger partial charge in [0, 0.05) is 13.1 Å². The zero-order chi connectivity index (χ0) is 24.5. The fourth-order valence-electron chi connectivity index (χ4n) is 3.70. The molecule has 0 saturated heterocycles. The maximum absolute atomic E-state index is 13.3. The molecule has 1 amide bonds. The van der Waals surface area contributed by atoms with Gasteiger partial charge in [-0.1, -0.05) is 36.4 Å². The van der Waals surface area contributed by atoms with Gasteiger partial charge in [-0.3, -0.25) is 14.2 Å². The molecule has 0 bridgehead atoms. The highest BCUT2D eigenvalue weighted by molar-refractivity contribution is 7.17. The molecule has 0 radical (unpaired) electrons. The Morgan fingerprint density at radius 3 is 2.44 bits per heavy atom. The Bertz CT molecular complexity index is 1460. The van der Waals surface area contributed by atoms with Gasteiger partial charge in [-0.25, -0.2) is 9.36 Å². The SMILES string of the molecule is CCN(Cc1ccccc1)C(=O)Cn1c(=O)n(-c2cccc(C(F)(F)F)c2)c(=O)c2sccc21. The number of carbonyl (C=O) groups excluding carboxylic acids is 1. The average molecular weight is 488 g/mol. The molecule has 0 unspecified atom stereocenters. The zero-order valence-corrected chi connectivity index (χ0v) is 18.9. The van der Waals surface area contributed by atoms with Crippen LogP contribution in [0.2, 0.25) is 0 Å². The summed E-state index contributed by atoms with van der Waals surface area (Å²) in [4.78, 5) is 41.1. The molecule has 176 valence electrons. The molecule has 2 heterocycles. The molecule has 0 saturated carbocycles. The minimum absolute atomic E-state index is 0.177. The number of fused-ring (bicyclic) bond motifs is 1. The van der Waals surface area contributed by atoms with Crippen LogP contribution in [0.5, 0.6) is 0 Å². The summed E-state index contributed by atoms with van der Waals surface area (Å²) < 4.78 is 41.7. The van der Waals surface area contributed by atoms with Crippen LogP contribution in [0.3, 0.4) is 0 Å². The van der Waals surface area contributed by atoms with Gasteiger partial charge < -0.3 is 4.90 Å². The lowest BCUT2D eigenvalue weighted by molar-refractivity contribution is -0.137. The highest BCUT2D eigenvalue weighted by atomic mass is 32.1. The maximum Gasteiger partial charge on any atom is 0.416 e. The summed E-state index contributed by atoms with van der Waals surface area (Å²) in [5.74, 6) is -0.352. The Balaban J connectivity index is 1.79. The van der Waals surface area contributed by atoms with Crippen LogP contribution in [-0.4, -0.2) is 26.5 Å². The van der Waals surface area contributed by atoms with Gasteiger partial charge in [-0.05, 0) is 42.1 Å². The van der Waals surface area contributed by atoms with Crippen molar-refractivity contribution in [1.82, 2.24) is 14.0 Å². The summed E-state index contributed by atoms with van der Waals surface area (Å²) in [6, 6.07) is 14.9. The van der Waals surface area contributed by atoms with Crippen molar-refractivity contribution in [2.45, 2.75) is 26.2 Å². The van der Waals surface area contributed by atoms with Crippen molar-refractivity contribution in [2.24, 2.45) is 0 Å². The maximum atomic E-state index is 13.3. The van der Waals surface area contributed by atoms with E-state index in [2.05, 4.69) is 0 Å². The lowest BCUT2D eigenvalue weighted by Gasteiger charge is -2.22. The van der Waals surface area contributed by atoms with E-state index < -0.39 is 23.0 Å². The van der Waals surface area contributed by atoms with Crippen molar-refractivity contribution in [1.29, 1.82) is 0 Å². The number of rotatable bonds is 6. The first kappa shape index (κ1) is 23.5. The minimum Gasteiger partial charge on any atom is -0.337 e. The number of alkyl halides is 3. The Labute approximate surface area is 196 Å². The summed E-state index contributed by atoms with van der Waals surface area (Å²) in [5, 5.41) is 1.60. The number of amides is 1. The summed E-state index contributed by atoms with van der Waals surface area (Å²) in [6.07, 6.45) is -4.64. The van der Waals surface area contributed by atoms with Crippen molar-refractivity contribution < 1.29 is 18.0 Å². The molecule has 0 fully saturated rings. The van der Waals surface area contributed by atoms with Gasteiger partial charge in [0.05, 0.1) is 16.8 Å². The molecular weight excluding hydrogens is 467 g/mol. The van der Waals surface area contributed by atoms with Gasteiger partial charge in [0.25, 0.3) is 5.56 Å². The lowest BCUT2D eigenvalue weighted by Crippen LogP contribution is -2.42. The molecular formula is C24H20F3N3O3S. The van der Waals surface area contributed by atoms with Crippen LogP contribution >= 0.6 is 11.3 Å². The van der Waals surface area contributed by atoms with Crippen LogP contribution in [0.4, 0.5) is 13.2 Å². The van der Waals surface area contributed by atoms with E-state index in [4.69, 9.17) is 0 Å². The second-order valence-corrected chi connectivity index (χ2v) is 8.50. The van der Waals surface area contributed by atoms with E-state index in [-0.39, 0.29) is 28.4 Å². The van der Waals surface area contributed by atoms with Crippen molar-refractivity contribution in [2.75, 3.05) is 6.54 Å².